The summed E-state index contributed by atoms with van der Waals surface area (Å²) in [6, 6.07) is 0.527. The summed E-state index contributed by atoms with van der Waals surface area (Å²) in [6.07, 6.45) is 12.0. The van der Waals surface area contributed by atoms with Crippen molar-refractivity contribution < 1.29 is 5.11 Å². The Bertz CT molecular complexity index is 479. The molecule has 9 unspecified atom stereocenters. The summed E-state index contributed by atoms with van der Waals surface area (Å²) in [5.41, 5.74) is 0.786. The van der Waals surface area contributed by atoms with Gasteiger partial charge in [-0.25, -0.2) is 0 Å². The van der Waals surface area contributed by atoms with Crippen molar-refractivity contribution in [3.8, 4) is 0 Å². The molecule has 0 aromatic carbocycles. The maximum Gasteiger partial charge on any atom is 0.0614 e. The third-order valence-electron chi connectivity index (χ3n) is 9.86. The molecule has 4 aliphatic carbocycles. The first-order chi connectivity index (χ1) is 11.4. The predicted octanol–water partition coefficient (Wildman–Crippen LogP) is 4.61. The van der Waals surface area contributed by atoms with Gasteiger partial charge in [-0.1, -0.05) is 27.2 Å². The van der Waals surface area contributed by atoms with Crippen molar-refractivity contribution in [2.75, 3.05) is 7.05 Å². The number of aliphatic hydroxyl groups excluding tert-OH is 1. The number of fused-ring (bicyclic) bond motifs is 5. The zero-order chi connectivity index (χ0) is 17.1. The van der Waals surface area contributed by atoms with Crippen LogP contribution in [0.5, 0.6) is 0 Å². The lowest BCUT2D eigenvalue weighted by Crippen LogP contribution is -2.60. The van der Waals surface area contributed by atoms with Crippen LogP contribution in [0.4, 0.5) is 0 Å². The number of hydrogen-bond donors (Lipinski definition) is 2. The van der Waals surface area contributed by atoms with Gasteiger partial charge in [0.1, 0.15) is 0 Å². The molecule has 0 aliphatic heterocycles. The van der Waals surface area contributed by atoms with E-state index in [9.17, 15) is 5.11 Å². The van der Waals surface area contributed by atoms with Crippen LogP contribution in [0.3, 0.4) is 0 Å². The normalized spacial score (nSPS) is 57.1. The Labute approximate surface area is 149 Å². The van der Waals surface area contributed by atoms with Crippen molar-refractivity contribution in [2.45, 2.75) is 90.7 Å². The van der Waals surface area contributed by atoms with E-state index in [2.05, 4.69) is 33.1 Å². The summed E-state index contributed by atoms with van der Waals surface area (Å²) >= 11 is 0. The van der Waals surface area contributed by atoms with E-state index in [4.69, 9.17) is 0 Å². The summed E-state index contributed by atoms with van der Waals surface area (Å²) in [7, 11) is 2.07. The van der Waals surface area contributed by atoms with Gasteiger partial charge in [0.15, 0.2) is 0 Å². The van der Waals surface area contributed by atoms with Crippen molar-refractivity contribution >= 4 is 0 Å². The smallest absolute Gasteiger partial charge is 0.0614 e. The van der Waals surface area contributed by atoms with E-state index in [1.54, 1.807) is 0 Å². The Morgan fingerprint density at radius 1 is 1.00 bits per heavy atom. The number of rotatable bonds is 2. The quantitative estimate of drug-likeness (QED) is 0.773. The number of nitrogens with one attached hydrogen (secondary N) is 1. The first-order valence-corrected chi connectivity index (χ1v) is 10.8. The van der Waals surface area contributed by atoms with Crippen molar-refractivity contribution in [1.29, 1.82) is 0 Å². The molecule has 0 spiro atoms. The summed E-state index contributed by atoms with van der Waals surface area (Å²) in [6.45, 7) is 7.50. The maximum atomic E-state index is 11.2. The first-order valence-electron chi connectivity index (χ1n) is 10.8. The second-order valence-corrected chi connectivity index (χ2v) is 10.2. The van der Waals surface area contributed by atoms with Crippen molar-refractivity contribution in [1.82, 2.24) is 5.32 Å². The molecule has 2 N–H and O–H groups in total. The third-order valence-corrected chi connectivity index (χ3v) is 9.86. The van der Waals surface area contributed by atoms with Crippen LogP contribution in [0, 0.1) is 40.4 Å². The molecule has 24 heavy (non-hydrogen) atoms. The second-order valence-electron chi connectivity index (χ2n) is 10.2. The monoisotopic (exact) mass is 333 g/mol. The molecule has 0 amide bonds. The predicted molar refractivity (Wildman–Crippen MR) is 99.7 cm³/mol. The van der Waals surface area contributed by atoms with Crippen LogP contribution in [0.25, 0.3) is 0 Å². The molecule has 4 aliphatic rings. The molecule has 4 rings (SSSR count). The van der Waals surface area contributed by atoms with E-state index in [0.717, 1.165) is 36.0 Å². The van der Waals surface area contributed by atoms with Crippen LogP contribution in [-0.2, 0) is 0 Å². The van der Waals surface area contributed by atoms with Crippen LogP contribution in [0.2, 0.25) is 0 Å². The molecule has 4 fully saturated rings. The Balaban J connectivity index is 1.62. The standard InChI is InChI=1S/C22H39NO/c1-5-14-7-9-18-17-8-6-15-12-16(23-4)13-20(24)22(15,3)19(17)10-11-21(14,18)2/h14-20,23-24H,5-13H2,1-4H3. The molecular formula is C22H39NO. The molecule has 0 bridgehead atoms. The first kappa shape index (κ1) is 17.3. The topological polar surface area (TPSA) is 32.3 Å². The molecule has 0 aromatic heterocycles. The highest BCUT2D eigenvalue weighted by molar-refractivity contribution is 5.11. The average molecular weight is 334 g/mol. The lowest BCUT2D eigenvalue weighted by atomic mass is 9.44. The summed E-state index contributed by atoms with van der Waals surface area (Å²) in [5, 5.41) is 14.6. The van der Waals surface area contributed by atoms with Gasteiger partial charge in [0.25, 0.3) is 0 Å². The van der Waals surface area contributed by atoms with Crippen LogP contribution in [0.1, 0.15) is 78.6 Å². The van der Waals surface area contributed by atoms with E-state index >= 15 is 0 Å². The van der Waals surface area contributed by atoms with Crippen LogP contribution < -0.4 is 5.32 Å². The minimum atomic E-state index is -0.103. The van der Waals surface area contributed by atoms with Crippen molar-refractivity contribution in [3.63, 3.8) is 0 Å². The highest BCUT2D eigenvalue weighted by Crippen LogP contribution is 2.67. The molecule has 0 saturated heterocycles. The molecule has 0 aromatic rings. The fourth-order valence-electron chi connectivity index (χ4n) is 8.34. The molecule has 138 valence electrons. The molecule has 4 saturated carbocycles. The van der Waals surface area contributed by atoms with Gasteiger partial charge < -0.3 is 10.4 Å². The van der Waals surface area contributed by atoms with Gasteiger partial charge in [-0.15, -0.1) is 0 Å². The highest BCUT2D eigenvalue weighted by Gasteiger charge is 2.61. The molecule has 0 heterocycles. The fraction of sp³-hybridized carbons (Fsp3) is 1.00. The van der Waals surface area contributed by atoms with Gasteiger partial charge in [0, 0.05) is 6.04 Å². The summed E-state index contributed by atoms with van der Waals surface area (Å²) in [5.74, 6) is 4.29. The second kappa shape index (κ2) is 5.98. The molecule has 9 atom stereocenters. The van der Waals surface area contributed by atoms with Gasteiger partial charge in [0.05, 0.1) is 6.10 Å². The molecule has 0 radical (unpaired) electrons. The largest absolute Gasteiger partial charge is 0.392 e. The van der Waals surface area contributed by atoms with Gasteiger partial charge in [-0.2, -0.15) is 0 Å². The highest BCUT2D eigenvalue weighted by atomic mass is 16.3. The molecular weight excluding hydrogens is 294 g/mol. The minimum Gasteiger partial charge on any atom is -0.392 e. The maximum absolute atomic E-state index is 11.2. The summed E-state index contributed by atoms with van der Waals surface area (Å²) < 4.78 is 0. The Morgan fingerprint density at radius 2 is 1.79 bits per heavy atom. The van der Waals surface area contributed by atoms with E-state index in [1.807, 2.05) is 0 Å². The average Bonchev–Trinajstić information content (AvgIpc) is 2.92. The van der Waals surface area contributed by atoms with E-state index in [-0.39, 0.29) is 11.5 Å². The third kappa shape index (κ3) is 2.21. The molecule has 2 heteroatoms. The number of hydrogen-bond acceptors (Lipinski definition) is 2. The van der Waals surface area contributed by atoms with E-state index in [1.165, 1.54) is 51.4 Å². The Morgan fingerprint density at radius 3 is 2.50 bits per heavy atom. The zero-order valence-corrected chi connectivity index (χ0v) is 16.4. The van der Waals surface area contributed by atoms with Crippen molar-refractivity contribution in [3.05, 3.63) is 0 Å². The van der Waals surface area contributed by atoms with Crippen molar-refractivity contribution in [2.24, 2.45) is 40.4 Å². The summed E-state index contributed by atoms with van der Waals surface area (Å²) in [4.78, 5) is 0. The van der Waals surface area contributed by atoms with Crippen LogP contribution in [0.15, 0.2) is 0 Å². The van der Waals surface area contributed by atoms with Gasteiger partial charge in [-0.3, -0.25) is 0 Å². The fourth-order valence-corrected chi connectivity index (χ4v) is 8.34. The minimum absolute atomic E-state index is 0.103. The van der Waals surface area contributed by atoms with Crippen LogP contribution >= 0.6 is 0 Å². The number of aliphatic hydroxyl groups is 1. The van der Waals surface area contributed by atoms with Gasteiger partial charge in [0.2, 0.25) is 0 Å². The Kier molecular flexibility index (Phi) is 4.32. The Hall–Kier alpha value is -0.0800. The van der Waals surface area contributed by atoms with E-state index < -0.39 is 0 Å². The van der Waals surface area contributed by atoms with E-state index in [0.29, 0.717) is 11.5 Å². The SMILES string of the molecule is CCC1CCC2C3CCC4CC(NC)CC(O)C4(C)C3CCC12C. The van der Waals surface area contributed by atoms with Gasteiger partial charge in [-0.05, 0) is 98.8 Å². The van der Waals surface area contributed by atoms with Gasteiger partial charge >= 0.3 is 0 Å². The zero-order valence-electron chi connectivity index (χ0n) is 16.4. The lowest BCUT2D eigenvalue weighted by Gasteiger charge is -2.62. The van der Waals surface area contributed by atoms with Crippen LogP contribution in [-0.4, -0.2) is 24.3 Å². The lowest BCUT2D eigenvalue weighted by molar-refractivity contribution is -0.167. The molecule has 2 nitrogen and oxygen atoms in total.